The van der Waals surface area contributed by atoms with Crippen LogP contribution in [0.15, 0.2) is 24.3 Å². The van der Waals surface area contributed by atoms with E-state index in [1.807, 2.05) is 26.0 Å². The standard InChI is InChI=1S/C18H27N3O2/c1-13(2)11-19-17(22)12-20-9-10-21(18(20)23)16-7-5-15(6-8-16)14(3)4/h5-8,13-14H,9-12H2,1-4H3,(H,19,22). The van der Waals surface area contributed by atoms with Crippen LogP contribution < -0.4 is 10.2 Å². The zero-order valence-electron chi connectivity index (χ0n) is 14.5. The zero-order chi connectivity index (χ0) is 17.0. The fourth-order valence-electron chi connectivity index (χ4n) is 2.56. The van der Waals surface area contributed by atoms with E-state index in [1.165, 1.54) is 5.56 Å². The van der Waals surface area contributed by atoms with Gasteiger partial charge in [-0.05, 0) is 29.5 Å². The van der Waals surface area contributed by atoms with Crippen molar-refractivity contribution in [2.45, 2.75) is 33.6 Å². The summed E-state index contributed by atoms with van der Waals surface area (Å²) in [6.45, 7) is 10.4. The van der Waals surface area contributed by atoms with Gasteiger partial charge in [0.2, 0.25) is 5.91 Å². The molecule has 126 valence electrons. The van der Waals surface area contributed by atoms with Gasteiger partial charge in [-0.1, -0.05) is 39.8 Å². The number of nitrogens with one attached hydrogen (secondary N) is 1. The smallest absolute Gasteiger partial charge is 0.325 e. The molecule has 1 fully saturated rings. The Labute approximate surface area is 138 Å². The van der Waals surface area contributed by atoms with Crippen LogP contribution in [-0.2, 0) is 4.79 Å². The maximum absolute atomic E-state index is 12.5. The monoisotopic (exact) mass is 317 g/mol. The summed E-state index contributed by atoms with van der Waals surface area (Å²) < 4.78 is 0. The highest BCUT2D eigenvalue weighted by molar-refractivity contribution is 5.96. The predicted octanol–water partition coefficient (Wildman–Crippen LogP) is 2.82. The number of rotatable bonds is 6. The lowest BCUT2D eigenvalue weighted by Gasteiger charge is -2.19. The maximum Gasteiger partial charge on any atom is 0.325 e. The number of nitrogens with zero attached hydrogens (tertiary/aromatic N) is 2. The van der Waals surface area contributed by atoms with Crippen LogP contribution in [0, 0.1) is 5.92 Å². The van der Waals surface area contributed by atoms with E-state index in [1.54, 1.807) is 9.80 Å². The molecule has 0 spiro atoms. The van der Waals surface area contributed by atoms with Crippen molar-refractivity contribution in [2.75, 3.05) is 31.1 Å². The second-order valence-corrected chi connectivity index (χ2v) is 6.80. The van der Waals surface area contributed by atoms with Crippen molar-refractivity contribution in [3.63, 3.8) is 0 Å². The molecule has 0 unspecified atom stereocenters. The lowest BCUT2D eigenvalue weighted by atomic mass is 10.0. The van der Waals surface area contributed by atoms with Crippen LogP contribution >= 0.6 is 0 Å². The van der Waals surface area contributed by atoms with Crippen molar-refractivity contribution in [3.8, 4) is 0 Å². The third kappa shape index (κ3) is 4.47. The van der Waals surface area contributed by atoms with Crippen LogP contribution in [0.4, 0.5) is 10.5 Å². The van der Waals surface area contributed by atoms with Crippen molar-refractivity contribution >= 4 is 17.6 Å². The highest BCUT2D eigenvalue weighted by Crippen LogP contribution is 2.23. The fourth-order valence-corrected chi connectivity index (χ4v) is 2.56. The van der Waals surface area contributed by atoms with Crippen molar-refractivity contribution in [1.82, 2.24) is 10.2 Å². The minimum atomic E-state index is -0.0954. The Morgan fingerprint density at radius 2 is 1.78 bits per heavy atom. The van der Waals surface area contributed by atoms with E-state index in [2.05, 4.69) is 31.3 Å². The van der Waals surface area contributed by atoms with Gasteiger partial charge in [-0.3, -0.25) is 9.69 Å². The molecule has 0 saturated carbocycles. The highest BCUT2D eigenvalue weighted by atomic mass is 16.2. The Morgan fingerprint density at radius 1 is 1.13 bits per heavy atom. The summed E-state index contributed by atoms with van der Waals surface area (Å²) >= 11 is 0. The molecule has 5 nitrogen and oxygen atoms in total. The molecule has 0 aromatic heterocycles. The van der Waals surface area contributed by atoms with Crippen LogP contribution in [-0.4, -0.2) is 43.0 Å². The Morgan fingerprint density at radius 3 is 2.35 bits per heavy atom. The molecule has 0 aliphatic carbocycles. The van der Waals surface area contributed by atoms with Gasteiger partial charge in [-0.2, -0.15) is 0 Å². The molecule has 23 heavy (non-hydrogen) atoms. The number of hydrogen-bond acceptors (Lipinski definition) is 2. The molecule has 3 amide bonds. The first-order valence-electron chi connectivity index (χ1n) is 8.31. The van der Waals surface area contributed by atoms with Crippen molar-refractivity contribution in [3.05, 3.63) is 29.8 Å². The van der Waals surface area contributed by atoms with Gasteiger partial charge < -0.3 is 10.2 Å². The molecule has 0 atom stereocenters. The van der Waals surface area contributed by atoms with Crippen molar-refractivity contribution in [1.29, 1.82) is 0 Å². The summed E-state index contributed by atoms with van der Waals surface area (Å²) in [7, 11) is 0. The first kappa shape index (κ1) is 17.3. The molecular weight excluding hydrogens is 290 g/mol. The van der Waals surface area contributed by atoms with E-state index in [9.17, 15) is 9.59 Å². The SMILES string of the molecule is CC(C)CNC(=O)CN1CCN(c2ccc(C(C)C)cc2)C1=O. The van der Waals surface area contributed by atoms with Crippen LogP contribution in [0.2, 0.25) is 0 Å². The average molecular weight is 317 g/mol. The number of urea groups is 1. The van der Waals surface area contributed by atoms with Gasteiger partial charge >= 0.3 is 6.03 Å². The minimum Gasteiger partial charge on any atom is -0.354 e. The van der Waals surface area contributed by atoms with E-state index < -0.39 is 0 Å². The summed E-state index contributed by atoms with van der Waals surface area (Å²) in [5.41, 5.74) is 2.15. The Hall–Kier alpha value is -2.04. The van der Waals surface area contributed by atoms with Gasteiger partial charge in [-0.15, -0.1) is 0 Å². The fraction of sp³-hybridized carbons (Fsp3) is 0.556. The topological polar surface area (TPSA) is 52.7 Å². The molecule has 1 heterocycles. The summed E-state index contributed by atoms with van der Waals surface area (Å²) in [4.78, 5) is 27.7. The van der Waals surface area contributed by atoms with Crippen LogP contribution in [0.25, 0.3) is 0 Å². The largest absolute Gasteiger partial charge is 0.354 e. The predicted molar refractivity (Wildman–Crippen MR) is 92.7 cm³/mol. The van der Waals surface area contributed by atoms with Crippen LogP contribution in [0.3, 0.4) is 0 Å². The second-order valence-electron chi connectivity index (χ2n) is 6.80. The van der Waals surface area contributed by atoms with E-state index in [0.717, 1.165) is 5.69 Å². The van der Waals surface area contributed by atoms with Gasteiger partial charge in [0.25, 0.3) is 0 Å². The average Bonchev–Trinajstić information content (AvgIpc) is 2.86. The first-order chi connectivity index (χ1) is 10.9. The number of hydrogen-bond donors (Lipinski definition) is 1. The minimum absolute atomic E-state index is 0.0935. The first-order valence-corrected chi connectivity index (χ1v) is 8.31. The molecule has 1 N–H and O–H groups in total. The number of amides is 3. The molecule has 0 radical (unpaired) electrons. The van der Waals surface area contributed by atoms with E-state index in [0.29, 0.717) is 31.5 Å². The number of carbonyl (C=O) groups excluding carboxylic acids is 2. The Kier molecular flexibility index (Phi) is 5.64. The van der Waals surface area contributed by atoms with Crippen LogP contribution in [0.5, 0.6) is 0 Å². The molecular formula is C18H27N3O2. The summed E-state index contributed by atoms with van der Waals surface area (Å²) in [5.74, 6) is 0.785. The molecule has 1 aromatic rings. The molecule has 2 rings (SSSR count). The maximum atomic E-state index is 12.5. The summed E-state index contributed by atoms with van der Waals surface area (Å²) in [6, 6.07) is 7.99. The van der Waals surface area contributed by atoms with E-state index in [4.69, 9.17) is 0 Å². The molecule has 1 aliphatic heterocycles. The van der Waals surface area contributed by atoms with Gasteiger partial charge in [-0.25, -0.2) is 4.79 Å². The van der Waals surface area contributed by atoms with Gasteiger partial charge in [0.1, 0.15) is 6.54 Å². The molecule has 0 bridgehead atoms. The van der Waals surface area contributed by atoms with Crippen molar-refractivity contribution in [2.24, 2.45) is 5.92 Å². The van der Waals surface area contributed by atoms with E-state index >= 15 is 0 Å². The Balaban J connectivity index is 1.94. The highest BCUT2D eigenvalue weighted by Gasteiger charge is 2.30. The van der Waals surface area contributed by atoms with Gasteiger partial charge in [0, 0.05) is 25.3 Å². The lowest BCUT2D eigenvalue weighted by molar-refractivity contribution is -0.121. The Bertz CT molecular complexity index is 552. The number of carbonyl (C=O) groups is 2. The second kappa shape index (κ2) is 7.49. The third-order valence-corrected chi connectivity index (χ3v) is 4.01. The number of anilines is 1. The van der Waals surface area contributed by atoms with E-state index in [-0.39, 0.29) is 18.5 Å². The number of benzene rings is 1. The summed E-state index contributed by atoms with van der Waals surface area (Å²) in [6.07, 6.45) is 0. The zero-order valence-corrected chi connectivity index (χ0v) is 14.5. The quantitative estimate of drug-likeness (QED) is 0.877. The molecule has 1 aromatic carbocycles. The third-order valence-electron chi connectivity index (χ3n) is 4.01. The molecule has 1 aliphatic rings. The normalized spacial score (nSPS) is 15.0. The van der Waals surface area contributed by atoms with Crippen molar-refractivity contribution < 1.29 is 9.59 Å². The molecule has 5 heteroatoms. The summed E-state index contributed by atoms with van der Waals surface area (Å²) in [5, 5.41) is 2.85. The van der Waals surface area contributed by atoms with Gasteiger partial charge in [0.05, 0.1) is 0 Å². The van der Waals surface area contributed by atoms with Gasteiger partial charge in [0.15, 0.2) is 0 Å². The lowest BCUT2D eigenvalue weighted by Crippen LogP contribution is -2.40. The van der Waals surface area contributed by atoms with Crippen LogP contribution in [0.1, 0.15) is 39.2 Å². The molecule has 1 saturated heterocycles.